The predicted molar refractivity (Wildman–Crippen MR) is 46.9 cm³/mol. The minimum Gasteiger partial charge on any atom is -0.491 e. The van der Waals surface area contributed by atoms with E-state index in [2.05, 4.69) is 0 Å². The number of nitrogens with two attached hydrogens (primary N) is 1. The van der Waals surface area contributed by atoms with Gasteiger partial charge in [-0.3, -0.25) is 0 Å². The fourth-order valence-corrected chi connectivity index (χ4v) is 0.827. The lowest BCUT2D eigenvalue weighted by Gasteiger charge is -2.09. The Balaban J connectivity index is 2.55. The molecule has 0 aliphatic rings. The number of hydrogen-bond donors (Lipinski definition) is 2. The second kappa shape index (κ2) is 4.88. The van der Waals surface area contributed by atoms with Gasteiger partial charge < -0.3 is 15.6 Å². The first kappa shape index (κ1) is 10.9. The van der Waals surface area contributed by atoms with Crippen LogP contribution >= 0.6 is 0 Å². The molecule has 0 heterocycles. The molecule has 0 amide bonds. The van der Waals surface area contributed by atoms with Crippen molar-refractivity contribution in [1.82, 2.24) is 0 Å². The van der Waals surface area contributed by atoms with Crippen LogP contribution in [0.2, 0.25) is 0 Å². The van der Waals surface area contributed by atoms with Gasteiger partial charge in [0.15, 0.2) is 11.6 Å². The SMILES string of the molecule is NC[C@@H](O)COc1ccc(F)c(F)c1. The third-order valence-electron chi connectivity index (χ3n) is 1.61. The van der Waals surface area contributed by atoms with Crippen LogP contribution in [0.4, 0.5) is 8.78 Å². The van der Waals surface area contributed by atoms with E-state index in [1.807, 2.05) is 0 Å². The summed E-state index contributed by atoms with van der Waals surface area (Å²) in [5.41, 5.74) is 5.13. The number of benzene rings is 1. The van der Waals surface area contributed by atoms with Gasteiger partial charge in [-0.25, -0.2) is 8.78 Å². The molecule has 5 heteroatoms. The molecule has 0 radical (unpaired) electrons. The maximum absolute atomic E-state index is 12.6. The molecule has 0 aromatic heterocycles. The zero-order valence-electron chi connectivity index (χ0n) is 7.41. The molecule has 0 spiro atoms. The zero-order chi connectivity index (χ0) is 10.6. The Morgan fingerprint density at radius 2 is 2.07 bits per heavy atom. The highest BCUT2D eigenvalue weighted by atomic mass is 19.2. The van der Waals surface area contributed by atoms with Crippen molar-refractivity contribution < 1.29 is 18.6 Å². The van der Waals surface area contributed by atoms with E-state index in [-0.39, 0.29) is 18.9 Å². The van der Waals surface area contributed by atoms with Gasteiger partial charge in [0.25, 0.3) is 0 Å². The fourth-order valence-electron chi connectivity index (χ4n) is 0.827. The van der Waals surface area contributed by atoms with Crippen molar-refractivity contribution in [2.24, 2.45) is 5.73 Å². The molecule has 1 atom stereocenters. The maximum Gasteiger partial charge on any atom is 0.162 e. The Hall–Kier alpha value is -1.20. The van der Waals surface area contributed by atoms with Crippen LogP contribution in [0.15, 0.2) is 18.2 Å². The number of aliphatic hydroxyl groups is 1. The van der Waals surface area contributed by atoms with E-state index in [0.717, 1.165) is 12.1 Å². The van der Waals surface area contributed by atoms with Crippen molar-refractivity contribution in [3.05, 3.63) is 29.8 Å². The lowest BCUT2D eigenvalue weighted by atomic mass is 10.3. The predicted octanol–water partition coefficient (Wildman–Crippen LogP) is 0.663. The molecule has 3 N–H and O–H groups in total. The minimum atomic E-state index is -0.982. The maximum atomic E-state index is 12.6. The number of hydrogen-bond acceptors (Lipinski definition) is 3. The van der Waals surface area contributed by atoms with Crippen LogP contribution in [-0.4, -0.2) is 24.4 Å². The van der Waals surface area contributed by atoms with Gasteiger partial charge in [0.1, 0.15) is 18.5 Å². The molecule has 0 saturated heterocycles. The molecule has 3 nitrogen and oxygen atoms in total. The lowest BCUT2D eigenvalue weighted by Crippen LogP contribution is -2.26. The highest BCUT2D eigenvalue weighted by Crippen LogP contribution is 2.15. The molecule has 0 unspecified atom stereocenters. The first-order valence-corrected chi connectivity index (χ1v) is 4.09. The molecule has 0 saturated carbocycles. The molecule has 78 valence electrons. The number of halogens is 2. The molecular formula is C9H11F2NO2. The van der Waals surface area contributed by atoms with Crippen molar-refractivity contribution in [3.8, 4) is 5.75 Å². The van der Waals surface area contributed by atoms with E-state index < -0.39 is 17.7 Å². The minimum absolute atomic E-state index is 0.0401. The normalized spacial score (nSPS) is 12.6. The van der Waals surface area contributed by atoms with Crippen molar-refractivity contribution in [2.75, 3.05) is 13.2 Å². The molecule has 0 bridgehead atoms. The van der Waals surface area contributed by atoms with Gasteiger partial charge in [-0.15, -0.1) is 0 Å². The topological polar surface area (TPSA) is 55.5 Å². The van der Waals surface area contributed by atoms with E-state index in [0.29, 0.717) is 0 Å². The quantitative estimate of drug-likeness (QED) is 0.756. The monoisotopic (exact) mass is 203 g/mol. The lowest BCUT2D eigenvalue weighted by molar-refractivity contribution is 0.114. The van der Waals surface area contributed by atoms with E-state index in [9.17, 15) is 8.78 Å². The van der Waals surface area contributed by atoms with Gasteiger partial charge in [0, 0.05) is 12.6 Å². The van der Waals surface area contributed by atoms with Crippen LogP contribution in [-0.2, 0) is 0 Å². The molecular weight excluding hydrogens is 192 g/mol. The third kappa shape index (κ3) is 2.93. The Kier molecular flexibility index (Phi) is 3.79. The molecule has 0 aliphatic heterocycles. The van der Waals surface area contributed by atoms with Crippen molar-refractivity contribution >= 4 is 0 Å². The first-order chi connectivity index (χ1) is 6.63. The van der Waals surface area contributed by atoms with E-state index in [1.165, 1.54) is 6.07 Å². The summed E-state index contributed by atoms with van der Waals surface area (Å²) in [4.78, 5) is 0. The summed E-state index contributed by atoms with van der Waals surface area (Å²) in [6, 6.07) is 3.15. The smallest absolute Gasteiger partial charge is 0.162 e. The van der Waals surface area contributed by atoms with Gasteiger partial charge >= 0.3 is 0 Å². The van der Waals surface area contributed by atoms with Gasteiger partial charge in [-0.2, -0.15) is 0 Å². The third-order valence-corrected chi connectivity index (χ3v) is 1.61. The highest BCUT2D eigenvalue weighted by molar-refractivity contribution is 5.23. The zero-order valence-corrected chi connectivity index (χ0v) is 7.41. The molecule has 1 aromatic carbocycles. The van der Waals surface area contributed by atoms with Crippen LogP contribution in [0, 0.1) is 11.6 Å². The highest BCUT2D eigenvalue weighted by Gasteiger charge is 2.05. The summed E-state index contributed by atoms with van der Waals surface area (Å²) < 4.78 is 30.1. The number of aliphatic hydroxyl groups excluding tert-OH is 1. The first-order valence-electron chi connectivity index (χ1n) is 4.09. The Labute approximate surface area is 80.1 Å². The molecule has 0 aliphatic carbocycles. The molecule has 1 rings (SSSR count). The summed E-state index contributed by atoms with van der Waals surface area (Å²) in [6.07, 6.45) is -0.803. The van der Waals surface area contributed by atoms with Gasteiger partial charge in [-0.1, -0.05) is 0 Å². The van der Waals surface area contributed by atoms with Gasteiger partial charge in [0.2, 0.25) is 0 Å². The summed E-state index contributed by atoms with van der Waals surface area (Å²) in [5.74, 6) is -1.75. The van der Waals surface area contributed by atoms with Crippen molar-refractivity contribution in [1.29, 1.82) is 0 Å². The van der Waals surface area contributed by atoms with Crippen LogP contribution in [0.3, 0.4) is 0 Å². The average molecular weight is 203 g/mol. The van der Waals surface area contributed by atoms with Crippen LogP contribution in [0.25, 0.3) is 0 Å². The second-order valence-corrected chi connectivity index (χ2v) is 2.78. The van der Waals surface area contributed by atoms with Crippen LogP contribution < -0.4 is 10.5 Å². The van der Waals surface area contributed by atoms with Crippen molar-refractivity contribution in [2.45, 2.75) is 6.10 Å². The van der Waals surface area contributed by atoms with E-state index >= 15 is 0 Å². The molecule has 1 aromatic rings. The standard InChI is InChI=1S/C9H11F2NO2/c10-8-2-1-7(3-9(8)11)14-5-6(13)4-12/h1-3,6,13H,4-5,12H2/t6-/m1/s1. The van der Waals surface area contributed by atoms with E-state index in [1.54, 1.807) is 0 Å². The molecule has 0 fully saturated rings. The molecule has 14 heavy (non-hydrogen) atoms. The largest absolute Gasteiger partial charge is 0.491 e. The summed E-state index contributed by atoms with van der Waals surface area (Å²) >= 11 is 0. The summed E-state index contributed by atoms with van der Waals surface area (Å²) in [5, 5.41) is 9.03. The Morgan fingerprint density at radius 3 is 2.64 bits per heavy atom. The Morgan fingerprint density at radius 1 is 1.36 bits per heavy atom. The van der Waals surface area contributed by atoms with E-state index in [4.69, 9.17) is 15.6 Å². The van der Waals surface area contributed by atoms with Crippen LogP contribution in [0.5, 0.6) is 5.75 Å². The number of ether oxygens (including phenoxy) is 1. The average Bonchev–Trinajstić information content (AvgIpc) is 2.19. The summed E-state index contributed by atoms with van der Waals surface area (Å²) in [6.45, 7) is 0.0191. The van der Waals surface area contributed by atoms with Gasteiger partial charge in [0.05, 0.1) is 0 Å². The van der Waals surface area contributed by atoms with Crippen molar-refractivity contribution in [3.63, 3.8) is 0 Å². The Bertz CT molecular complexity index is 307. The summed E-state index contributed by atoms with van der Waals surface area (Å²) in [7, 11) is 0. The second-order valence-electron chi connectivity index (χ2n) is 2.78. The van der Waals surface area contributed by atoms with Crippen LogP contribution in [0.1, 0.15) is 0 Å². The van der Waals surface area contributed by atoms with Gasteiger partial charge in [-0.05, 0) is 12.1 Å². The number of rotatable bonds is 4. The fraction of sp³-hybridized carbons (Fsp3) is 0.333.